The van der Waals surface area contributed by atoms with Crippen molar-refractivity contribution >= 4 is 46.1 Å². The number of anilines is 1. The van der Waals surface area contributed by atoms with Crippen LogP contribution in [0.1, 0.15) is 33.2 Å². The second-order valence-electron chi connectivity index (χ2n) is 6.36. The van der Waals surface area contributed by atoms with Gasteiger partial charge in [-0.2, -0.15) is 0 Å². The van der Waals surface area contributed by atoms with Crippen molar-refractivity contribution in [1.29, 1.82) is 0 Å². The van der Waals surface area contributed by atoms with Gasteiger partial charge in [0, 0.05) is 0 Å². The molecule has 30 heavy (non-hydrogen) atoms. The van der Waals surface area contributed by atoms with Crippen molar-refractivity contribution in [2.45, 2.75) is 19.6 Å². The van der Waals surface area contributed by atoms with Crippen molar-refractivity contribution in [3.05, 3.63) is 52.4 Å². The van der Waals surface area contributed by atoms with Crippen LogP contribution in [-0.4, -0.2) is 47.3 Å². The number of carbonyl (C=O) groups excluding carboxylic acids is 5. The van der Waals surface area contributed by atoms with Crippen LogP contribution in [0, 0.1) is 0 Å². The van der Waals surface area contributed by atoms with E-state index in [2.05, 4.69) is 10.6 Å². The van der Waals surface area contributed by atoms with Gasteiger partial charge in [-0.15, -0.1) is 11.3 Å². The monoisotopic (exact) mass is 430 g/mol. The fourth-order valence-electron chi connectivity index (χ4n) is 2.73. The third-order valence-electron chi connectivity index (χ3n) is 4.32. The smallest absolute Gasteiger partial charge is 0.339 e. The normalized spacial score (nSPS) is 14.2. The second-order valence-corrected chi connectivity index (χ2v) is 7.28. The molecule has 2 heterocycles. The van der Waals surface area contributed by atoms with E-state index in [1.54, 1.807) is 23.6 Å². The first-order chi connectivity index (χ1) is 14.3. The standard InChI is InChI=1S/C19H18N4O6S/c1-10(16(26)22-17-13(15(20)25)6-7-30-17)29-18(27)12-5-3-2-4-11(12)9-23-14(24)8-21-19(23)28/h2-7,10H,8-9H2,1H3,(H2,20,25)(H,21,28)(H,22,26)/t10-/m1/s1. The van der Waals surface area contributed by atoms with Crippen LogP contribution in [0.4, 0.5) is 9.80 Å². The number of carbonyl (C=O) groups is 5. The molecule has 0 unspecified atom stereocenters. The molecule has 1 aliphatic heterocycles. The Bertz CT molecular complexity index is 1020. The lowest BCUT2D eigenvalue weighted by Crippen LogP contribution is -2.32. The number of thiophene rings is 1. The lowest BCUT2D eigenvalue weighted by molar-refractivity contribution is -0.125. The van der Waals surface area contributed by atoms with Gasteiger partial charge in [-0.25, -0.2) is 9.59 Å². The minimum atomic E-state index is -1.18. The van der Waals surface area contributed by atoms with Gasteiger partial charge in [0.2, 0.25) is 5.91 Å². The molecule has 0 radical (unpaired) electrons. The largest absolute Gasteiger partial charge is 0.449 e. The van der Waals surface area contributed by atoms with E-state index in [1.165, 1.54) is 19.1 Å². The van der Waals surface area contributed by atoms with E-state index < -0.39 is 35.8 Å². The Morgan fingerprint density at radius 1 is 1.23 bits per heavy atom. The third kappa shape index (κ3) is 4.46. The summed E-state index contributed by atoms with van der Waals surface area (Å²) in [6, 6.07) is 7.25. The van der Waals surface area contributed by atoms with Crippen LogP contribution < -0.4 is 16.4 Å². The summed E-state index contributed by atoms with van der Waals surface area (Å²) in [4.78, 5) is 60.9. The Hall–Kier alpha value is -3.73. The molecule has 156 valence electrons. The Labute approximate surface area is 175 Å². The number of imide groups is 1. The maximum atomic E-state index is 12.6. The zero-order valence-corrected chi connectivity index (χ0v) is 16.7. The summed E-state index contributed by atoms with van der Waals surface area (Å²) < 4.78 is 5.24. The lowest BCUT2D eigenvalue weighted by Gasteiger charge is -2.17. The van der Waals surface area contributed by atoms with Gasteiger partial charge in [0.05, 0.1) is 24.2 Å². The number of nitrogens with two attached hydrogens (primary N) is 1. The zero-order chi connectivity index (χ0) is 21.8. The van der Waals surface area contributed by atoms with E-state index in [0.717, 1.165) is 16.2 Å². The number of urea groups is 1. The van der Waals surface area contributed by atoms with Crippen molar-refractivity contribution in [3.63, 3.8) is 0 Å². The molecule has 1 aliphatic rings. The van der Waals surface area contributed by atoms with Crippen LogP contribution in [0.3, 0.4) is 0 Å². The van der Waals surface area contributed by atoms with E-state index in [0.29, 0.717) is 5.56 Å². The number of hydrogen-bond acceptors (Lipinski definition) is 7. The molecular weight excluding hydrogens is 412 g/mol. The fourth-order valence-corrected chi connectivity index (χ4v) is 3.53. The molecule has 0 spiro atoms. The number of benzene rings is 1. The molecule has 4 N–H and O–H groups in total. The highest BCUT2D eigenvalue weighted by Gasteiger charge is 2.30. The van der Waals surface area contributed by atoms with Crippen LogP contribution in [0.25, 0.3) is 0 Å². The van der Waals surface area contributed by atoms with Crippen molar-refractivity contribution in [3.8, 4) is 0 Å². The second kappa shape index (κ2) is 8.74. The van der Waals surface area contributed by atoms with Crippen molar-refractivity contribution in [2.24, 2.45) is 5.73 Å². The van der Waals surface area contributed by atoms with Crippen LogP contribution in [0.2, 0.25) is 0 Å². The number of nitrogens with zero attached hydrogens (tertiary/aromatic N) is 1. The predicted octanol–water partition coefficient (Wildman–Crippen LogP) is 1.08. The van der Waals surface area contributed by atoms with Gasteiger partial charge >= 0.3 is 12.0 Å². The first-order valence-electron chi connectivity index (χ1n) is 8.83. The number of ether oxygens (including phenoxy) is 1. The molecule has 1 aromatic carbocycles. The van der Waals surface area contributed by atoms with Gasteiger partial charge in [0.1, 0.15) is 5.00 Å². The first kappa shape index (κ1) is 21.0. The van der Waals surface area contributed by atoms with Gasteiger partial charge in [-0.1, -0.05) is 18.2 Å². The lowest BCUT2D eigenvalue weighted by atomic mass is 10.1. The van der Waals surface area contributed by atoms with Crippen molar-refractivity contribution in [1.82, 2.24) is 10.2 Å². The highest BCUT2D eigenvalue weighted by molar-refractivity contribution is 7.14. The Kier molecular flexibility index (Phi) is 6.11. The highest BCUT2D eigenvalue weighted by Crippen LogP contribution is 2.23. The maximum Gasteiger partial charge on any atom is 0.339 e. The number of hydrogen-bond donors (Lipinski definition) is 3. The van der Waals surface area contributed by atoms with Crippen LogP contribution >= 0.6 is 11.3 Å². The minimum absolute atomic E-state index is 0.0985. The summed E-state index contributed by atoms with van der Waals surface area (Å²) in [7, 11) is 0. The molecule has 1 atom stereocenters. The summed E-state index contributed by atoms with van der Waals surface area (Å²) in [6.07, 6.45) is -1.18. The fraction of sp³-hybridized carbons (Fsp3) is 0.211. The number of rotatable bonds is 7. The summed E-state index contributed by atoms with van der Waals surface area (Å²) in [5, 5.41) is 6.77. The molecule has 1 fully saturated rings. The molecule has 0 aliphatic carbocycles. The van der Waals surface area contributed by atoms with Crippen LogP contribution in [0.15, 0.2) is 35.7 Å². The van der Waals surface area contributed by atoms with Gasteiger partial charge in [0.15, 0.2) is 6.10 Å². The molecule has 5 amide bonds. The SMILES string of the molecule is C[C@@H](OC(=O)c1ccccc1CN1C(=O)CNC1=O)C(=O)Nc1sccc1C(N)=O. The number of amides is 5. The quantitative estimate of drug-likeness (QED) is 0.442. The number of primary amides is 1. The average Bonchev–Trinajstić information content (AvgIpc) is 3.30. The molecule has 2 aromatic rings. The Balaban J connectivity index is 1.69. The van der Waals surface area contributed by atoms with Crippen LogP contribution in [-0.2, 0) is 20.9 Å². The molecule has 11 heteroatoms. The molecule has 3 rings (SSSR count). The summed E-state index contributed by atoms with van der Waals surface area (Å²) in [5.74, 6) is -2.52. The van der Waals surface area contributed by atoms with Gasteiger partial charge in [0.25, 0.3) is 11.8 Å². The molecule has 10 nitrogen and oxygen atoms in total. The molecular formula is C19H18N4O6S. The van der Waals surface area contributed by atoms with Crippen LogP contribution in [0.5, 0.6) is 0 Å². The van der Waals surface area contributed by atoms with Gasteiger partial charge < -0.3 is 21.1 Å². The van der Waals surface area contributed by atoms with E-state index in [9.17, 15) is 24.0 Å². The van der Waals surface area contributed by atoms with Gasteiger partial charge in [-0.3, -0.25) is 19.3 Å². The third-order valence-corrected chi connectivity index (χ3v) is 5.15. The molecule has 0 bridgehead atoms. The van der Waals surface area contributed by atoms with Crippen molar-refractivity contribution in [2.75, 3.05) is 11.9 Å². The first-order valence-corrected chi connectivity index (χ1v) is 9.71. The van der Waals surface area contributed by atoms with Crippen molar-refractivity contribution < 1.29 is 28.7 Å². The maximum absolute atomic E-state index is 12.6. The van der Waals surface area contributed by atoms with E-state index in [4.69, 9.17) is 10.5 Å². The topological polar surface area (TPSA) is 148 Å². The van der Waals surface area contributed by atoms with E-state index in [1.807, 2.05) is 0 Å². The number of nitrogens with one attached hydrogen (secondary N) is 2. The predicted molar refractivity (Wildman–Crippen MR) is 107 cm³/mol. The molecule has 1 aromatic heterocycles. The average molecular weight is 430 g/mol. The Morgan fingerprint density at radius 3 is 2.63 bits per heavy atom. The number of esters is 1. The summed E-state index contributed by atoms with van der Waals surface area (Å²) >= 11 is 1.11. The van der Waals surface area contributed by atoms with E-state index in [-0.39, 0.29) is 29.2 Å². The Morgan fingerprint density at radius 2 is 1.97 bits per heavy atom. The zero-order valence-electron chi connectivity index (χ0n) is 15.8. The summed E-state index contributed by atoms with van der Waals surface area (Å²) in [6.45, 7) is 1.18. The van der Waals surface area contributed by atoms with E-state index >= 15 is 0 Å². The van der Waals surface area contributed by atoms with Gasteiger partial charge in [-0.05, 0) is 30.0 Å². The highest BCUT2D eigenvalue weighted by atomic mass is 32.1. The summed E-state index contributed by atoms with van der Waals surface area (Å²) in [5.41, 5.74) is 5.93. The minimum Gasteiger partial charge on any atom is -0.449 e. The molecule has 0 saturated carbocycles. The molecule has 1 saturated heterocycles.